The number of halogens is 3. The highest BCUT2D eigenvalue weighted by Gasteiger charge is 2.35. The van der Waals surface area contributed by atoms with Crippen LogP contribution in [0.25, 0.3) is 0 Å². The number of nitrogens with two attached hydrogens (primary N) is 1. The van der Waals surface area contributed by atoms with Gasteiger partial charge in [0.15, 0.2) is 5.75 Å². The van der Waals surface area contributed by atoms with Gasteiger partial charge in [0.25, 0.3) is 0 Å². The van der Waals surface area contributed by atoms with Crippen LogP contribution >= 0.6 is 34.8 Å². The van der Waals surface area contributed by atoms with Gasteiger partial charge >= 0.3 is 0 Å². The van der Waals surface area contributed by atoms with E-state index in [1.807, 2.05) is 53.4 Å². The summed E-state index contributed by atoms with van der Waals surface area (Å²) in [6.45, 7) is 5.80. The maximum atomic E-state index is 13.8. The van der Waals surface area contributed by atoms with Gasteiger partial charge in [0.05, 0.1) is 16.0 Å². The van der Waals surface area contributed by atoms with Crippen LogP contribution in [-0.4, -0.2) is 50.3 Å². The number of aryl methyl sites for hydroxylation is 1. The van der Waals surface area contributed by atoms with E-state index in [4.69, 9.17) is 54.7 Å². The zero-order valence-electron chi connectivity index (χ0n) is 25.2. The Morgan fingerprint density at radius 1 is 0.955 bits per heavy atom. The first-order valence-electron chi connectivity index (χ1n) is 15.0. The van der Waals surface area contributed by atoms with Gasteiger partial charge in [0.2, 0.25) is 5.91 Å². The molecule has 4 rings (SSSR count). The number of rotatable bonds is 18. The molecule has 44 heavy (non-hydrogen) atoms. The monoisotopic (exact) mass is 658 g/mol. The number of amides is 1. The second-order valence-corrected chi connectivity index (χ2v) is 12.3. The van der Waals surface area contributed by atoms with Gasteiger partial charge in [-0.2, -0.15) is 0 Å². The number of benzene rings is 3. The molecule has 1 amide bonds. The van der Waals surface area contributed by atoms with Gasteiger partial charge in [-0.15, -0.1) is 6.58 Å². The minimum Gasteiger partial charge on any atom is -0.490 e. The fourth-order valence-electron chi connectivity index (χ4n) is 5.13. The number of carbonyl (C=O) groups excluding carboxylic acids is 1. The summed E-state index contributed by atoms with van der Waals surface area (Å²) in [5, 5.41) is 1.59. The molecule has 0 saturated heterocycles. The van der Waals surface area contributed by atoms with Crippen LogP contribution in [0.3, 0.4) is 0 Å². The Balaban J connectivity index is 1.31. The molecular formula is C35H41Cl3N2O4. The minimum atomic E-state index is -0.327. The summed E-state index contributed by atoms with van der Waals surface area (Å²) in [5.74, 6) is 0.885. The van der Waals surface area contributed by atoms with Crippen molar-refractivity contribution in [3.8, 4) is 11.5 Å². The SMILES string of the molecule is C=CCc1cc(Cl)c(OCCOc2ccc(CC(CN)C(=O)N(Cc3cc(CCCOC)ccc3Cl)C3CC3)cc2)c(Cl)c1. The van der Waals surface area contributed by atoms with Crippen LogP contribution in [0.1, 0.15) is 41.5 Å². The molecule has 6 nitrogen and oxygen atoms in total. The average molecular weight is 660 g/mol. The van der Waals surface area contributed by atoms with Crippen molar-refractivity contribution in [1.82, 2.24) is 4.90 Å². The highest BCUT2D eigenvalue weighted by Crippen LogP contribution is 2.35. The largest absolute Gasteiger partial charge is 0.490 e. The third-order valence-electron chi connectivity index (χ3n) is 7.61. The zero-order valence-corrected chi connectivity index (χ0v) is 27.5. The molecule has 3 aromatic rings. The summed E-state index contributed by atoms with van der Waals surface area (Å²) in [5.41, 5.74) is 10.3. The van der Waals surface area contributed by atoms with Crippen molar-refractivity contribution < 1.29 is 19.0 Å². The number of methoxy groups -OCH3 is 1. The summed E-state index contributed by atoms with van der Waals surface area (Å²) in [4.78, 5) is 15.7. The Morgan fingerprint density at radius 2 is 1.64 bits per heavy atom. The van der Waals surface area contributed by atoms with E-state index in [0.29, 0.717) is 59.2 Å². The predicted molar refractivity (Wildman–Crippen MR) is 179 cm³/mol. The van der Waals surface area contributed by atoms with Gasteiger partial charge in [-0.25, -0.2) is 0 Å². The molecule has 1 saturated carbocycles. The van der Waals surface area contributed by atoms with Crippen LogP contribution in [0.15, 0.2) is 67.3 Å². The Morgan fingerprint density at radius 3 is 2.27 bits per heavy atom. The van der Waals surface area contributed by atoms with E-state index < -0.39 is 0 Å². The van der Waals surface area contributed by atoms with Gasteiger partial charge in [-0.05, 0) is 91.1 Å². The molecule has 0 radical (unpaired) electrons. The first kappa shape index (κ1) is 34.1. The van der Waals surface area contributed by atoms with E-state index in [1.54, 1.807) is 13.2 Å². The number of ether oxygens (including phenoxy) is 3. The maximum Gasteiger partial charge on any atom is 0.227 e. The van der Waals surface area contributed by atoms with Crippen LogP contribution in [0, 0.1) is 5.92 Å². The zero-order chi connectivity index (χ0) is 31.5. The van der Waals surface area contributed by atoms with Crippen LogP contribution < -0.4 is 15.2 Å². The lowest BCUT2D eigenvalue weighted by Gasteiger charge is -2.28. The number of nitrogens with zero attached hydrogens (tertiary/aromatic N) is 1. The van der Waals surface area contributed by atoms with Gasteiger partial charge in [-0.1, -0.05) is 65.1 Å². The summed E-state index contributed by atoms with van der Waals surface area (Å²) in [6.07, 6.45) is 6.86. The summed E-state index contributed by atoms with van der Waals surface area (Å²) in [7, 11) is 1.71. The lowest BCUT2D eigenvalue weighted by Crippen LogP contribution is -2.41. The number of hydrogen-bond donors (Lipinski definition) is 1. The second kappa shape index (κ2) is 17.1. The molecule has 0 spiro atoms. The van der Waals surface area contributed by atoms with Gasteiger partial charge in [0, 0.05) is 37.9 Å². The smallest absolute Gasteiger partial charge is 0.227 e. The molecular weight excluding hydrogens is 619 g/mol. The molecule has 0 aromatic heterocycles. The maximum absolute atomic E-state index is 13.8. The number of carbonyl (C=O) groups is 1. The first-order chi connectivity index (χ1) is 21.3. The molecule has 9 heteroatoms. The molecule has 1 unspecified atom stereocenters. The van der Waals surface area contributed by atoms with E-state index in [-0.39, 0.29) is 31.0 Å². The molecule has 1 fully saturated rings. The van der Waals surface area contributed by atoms with Crippen LogP contribution in [0.4, 0.5) is 0 Å². The average Bonchev–Trinajstić information content (AvgIpc) is 3.85. The molecule has 236 valence electrons. The van der Waals surface area contributed by atoms with E-state index in [0.717, 1.165) is 42.4 Å². The van der Waals surface area contributed by atoms with Gasteiger partial charge in [-0.3, -0.25) is 4.79 Å². The topological polar surface area (TPSA) is 74.0 Å². The molecule has 2 N–H and O–H groups in total. The summed E-state index contributed by atoms with van der Waals surface area (Å²) in [6, 6.07) is 17.7. The van der Waals surface area contributed by atoms with Crippen molar-refractivity contribution in [2.45, 2.75) is 51.1 Å². The number of hydrogen-bond acceptors (Lipinski definition) is 5. The molecule has 1 aliphatic carbocycles. The Kier molecular flexibility index (Phi) is 13.3. The molecule has 1 aliphatic rings. The van der Waals surface area contributed by atoms with Crippen molar-refractivity contribution in [2.24, 2.45) is 11.7 Å². The predicted octanol–water partition coefficient (Wildman–Crippen LogP) is 7.72. The fraction of sp³-hybridized carbons (Fsp3) is 0.400. The summed E-state index contributed by atoms with van der Waals surface area (Å²) >= 11 is 19.3. The molecule has 0 heterocycles. The van der Waals surface area contributed by atoms with Crippen molar-refractivity contribution in [3.63, 3.8) is 0 Å². The van der Waals surface area contributed by atoms with Crippen molar-refractivity contribution >= 4 is 40.7 Å². The quantitative estimate of drug-likeness (QED) is 0.112. The molecule has 0 bridgehead atoms. The van der Waals surface area contributed by atoms with E-state index in [1.165, 1.54) is 5.56 Å². The van der Waals surface area contributed by atoms with Gasteiger partial charge in [0.1, 0.15) is 19.0 Å². The highest BCUT2D eigenvalue weighted by atomic mass is 35.5. The lowest BCUT2D eigenvalue weighted by molar-refractivity contribution is -0.136. The Hall–Kier alpha value is -2.74. The van der Waals surface area contributed by atoms with Crippen molar-refractivity contribution in [3.05, 3.63) is 105 Å². The van der Waals surface area contributed by atoms with Crippen LogP contribution in [0.5, 0.6) is 11.5 Å². The third-order valence-corrected chi connectivity index (χ3v) is 8.54. The minimum absolute atomic E-state index is 0.0724. The van der Waals surface area contributed by atoms with Crippen LogP contribution in [-0.2, 0) is 35.3 Å². The van der Waals surface area contributed by atoms with Crippen LogP contribution in [0.2, 0.25) is 15.1 Å². The van der Waals surface area contributed by atoms with Gasteiger partial charge < -0.3 is 24.8 Å². The molecule has 0 aliphatic heterocycles. The molecule has 3 aromatic carbocycles. The third kappa shape index (κ3) is 9.88. The van der Waals surface area contributed by atoms with Crippen molar-refractivity contribution in [2.75, 3.05) is 33.5 Å². The van der Waals surface area contributed by atoms with E-state index in [9.17, 15) is 4.79 Å². The molecule has 1 atom stereocenters. The Bertz CT molecular complexity index is 1370. The fourth-order valence-corrected chi connectivity index (χ4v) is 5.95. The standard InChI is InChI=1S/C35H41Cl3N2O4/c1-3-5-26-20-32(37)34(33(38)21-26)44-17-16-43-30-12-7-25(8-13-30)18-27(22-39)35(41)40(29-10-11-29)23-28-19-24(6-4-15-42-2)9-14-31(28)36/h3,7-9,12-14,19-21,27,29H,1,4-6,10-11,15-18,22-23,39H2,2H3. The number of allylic oxidation sites excluding steroid dienone is 1. The normalized spacial score (nSPS) is 13.4. The van der Waals surface area contributed by atoms with E-state index >= 15 is 0 Å². The second-order valence-electron chi connectivity index (χ2n) is 11.1. The first-order valence-corrected chi connectivity index (χ1v) is 16.2. The summed E-state index contributed by atoms with van der Waals surface area (Å²) < 4.78 is 16.8. The highest BCUT2D eigenvalue weighted by molar-refractivity contribution is 6.37. The Labute approximate surface area is 276 Å². The lowest BCUT2D eigenvalue weighted by atomic mass is 9.97. The van der Waals surface area contributed by atoms with E-state index in [2.05, 4.69) is 12.6 Å². The van der Waals surface area contributed by atoms with Crippen molar-refractivity contribution in [1.29, 1.82) is 0 Å².